The molecule has 1 aliphatic heterocycles. The Hall–Kier alpha value is -0.0800. The lowest BCUT2D eigenvalue weighted by atomic mass is 9.95. The molecule has 1 saturated heterocycles. The summed E-state index contributed by atoms with van der Waals surface area (Å²) in [6.45, 7) is 13.0. The summed E-state index contributed by atoms with van der Waals surface area (Å²) in [5.74, 6) is 0. The Morgan fingerprint density at radius 2 is 2.07 bits per heavy atom. The van der Waals surface area contributed by atoms with E-state index in [2.05, 4.69) is 37.9 Å². The molecule has 0 amide bonds. The summed E-state index contributed by atoms with van der Waals surface area (Å²) in [6.07, 6.45) is 5.14. The van der Waals surface area contributed by atoms with Crippen LogP contribution >= 0.6 is 0 Å². The highest BCUT2D eigenvalue weighted by Gasteiger charge is 2.28. The second kappa shape index (κ2) is 5.86. The normalized spacial score (nSPS) is 25.2. The highest BCUT2D eigenvalue weighted by molar-refractivity contribution is 4.86. The zero-order valence-corrected chi connectivity index (χ0v) is 11.0. The largest absolute Gasteiger partial charge is 0.313 e. The average Bonchev–Trinajstić information content (AvgIpc) is 2.42. The van der Waals surface area contributed by atoms with Gasteiger partial charge < -0.3 is 5.32 Å². The quantitative estimate of drug-likeness (QED) is 0.770. The molecule has 1 heterocycles. The Labute approximate surface area is 95.4 Å². The van der Waals surface area contributed by atoms with Gasteiger partial charge >= 0.3 is 0 Å². The summed E-state index contributed by atoms with van der Waals surface area (Å²) in [7, 11) is 0. The van der Waals surface area contributed by atoms with Crippen molar-refractivity contribution in [2.45, 2.75) is 65.0 Å². The molecule has 0 bridgehead atoms. The van der Waals surface area contributed by atoms with E-state index in [9.17, 15) is 0 Å². The third-order valence-electron chi connectivity index (χ3n) is 3.69. The van der Waals surface area contributed by atoms with Gasteiger partial charge in [-0.3, -0.25) is 4.90 Å². The number of nitrogens with zero attached hydrogens (tertiary/aromatic N) is 1. The molecule has 15 heavy (non-hydrogen) atoms. The Balaban J connectivity index is 2.58. The van der Waals surface area contributed by atoms with Gasteiger partial charge in [-0.05, 0) is 46.2 Å². The first kappa shape index (κ1) is 13.0. The minimum absolute atomic E-state index is 0.383. The Kier molecular flexibility index (Phi) is 5.07. The van der Waals surface area contributed by atoms with Crippen LogP contribution in [0.3, 0.4) is 0 Å². The third kappa shape index (κ3) is 3.76. The second-order valence-corrected chi connectivity index (χ2v) is 5.42. The lowest BCUT2D eigenvalue weighted by Crippen LogP contribution is -2.48. The van der Waals surface area contributed by atoms with Crippen molar-refractivity contribution in [3.8, 4) is 0 Å². The molecule has 1 fully saturated rings. The van der Waals surface area contributed by atoms with Crippen LogP contribution in [0.25, 0.3) is 0 Å². The van der Waals surface area contributed by atoms with Gasteiger partial charge in [0, 0.05) is 18.1 Å². The monoisotopic (exact) mass is 212 g/mol. The van der Waals surface area contributed by atoms with Gasteiger partial charge in [-0.2, -0.15) is 0 Å². The molecule has 1 atom stereocenters. The zero-order chi connectivity index (χ0) is 11.3. The fourth-order valence-corrected chi connectivity index (χ4v) is 2.59. The summed E-state index contributed by atoms with van der Waals surface area (Å²) in [5, 5.41) is 3.63. The number of hydrogen-bond donors (Lipinski definition) is 1. The van der Waals surface area contributed by atoms with Crippen LogP contribution in [0.1, 0.15) is 53.4 Å². The Morgan fingerprint density at radius 3 is 2.67 bits per heavy atom. The summed E-state index contributed by atoms with van der Waals surface area (Å²) < 4.78 is 0. The predicted molar refractivity (Wildman–Crippen MR) is 67.3 cm³/mol. The standard InChI is InChI=1S/C13H28N2/c1-5-8-13(3,4)15-10-7-9-14-12(6-2)11-15/h12,14H,5-11H2,1-4H3. The molecular weight excluding hydrogens is 184 g/mol. The molecule has 1 aliphatic rings. The van der Waals surface area contributed by atoms with E-state index in [0.717, 1.165) is 0 Å². The summed E-state index contributed by atoms with van der Waals surface area (Å²) in [4.78, 5) is 2.69. The lowest BCUT2D eigenvalue weighted by Gasteiger charge is -2.39. The maximum absolute atomic E-state index is 3.63. The van der Waals surface area contributed by atoms with E-state index in [1.165, 1.54) is 45.3 Å². The molecule has 2 nitrogen and oxygen atoms in total. The van der Waals surface area contributed by atoms with Crippen LogP contribution in [0.2, 0.25) is 0 Å². The van der Waals surface area contributed by atoms with Gasteiger partial charge in [0.2, 0.25) is 0 Å². The topological polar surface area (TPSA) is 15.3 Å². The van der Waals surface area contributed by atoms with E-state index in [-0.39, 0.29) is 0 Å². The Morgan fingerprint density at radius 1 is 1.33 bits per heavy atom. The molecule has 0 radical (unpaired) electrons. The van der Waals surface area contributed by atoms with E-state index >= 15 is 0 Å². The molecule has 0 spiro atoms. The SMILES string of the molecule is CCCC(C)(C)N1CCCNC(CC)C1. The summed E-state index contributed by atoms with van der Waals surface area (Å²) in [5.41, 5.74) is 0.383. The first-order chi connectivity index (χ1) is 7.10. The van der Waals surface area contributed by atoms with Crippen LogP contribution in [-0.4, -0.2) is 36.1 Å². The summed E-state index contributed by atoms with van der Waals surface area (Å²) in [6, 6.07) is 0.698. The maximum atomic E-state index is 3.63. The third-order valence-corrected chi connectivity index (χ3v) is 3.69. The van der Waals surface area contributed by atoms with Crippen molar-refractivity contribution in [1.29, 1.82) is 0 Å². The smallest absolute Gasteiger partial charge is 0.0192 e. The van der Waals surface area contributed by atoms with Crippen molar-refractivity contribution >= 4 is 0 Å². The molecule has 0 aliphatic carbocycles. The zero-order valence-electron chi connectivity index (χ0n) is 11.0. The van der Waals surface area contributed by atoms with Crippen molar-refractivity contribution in [1.82, 2.24) is 10.2 Å². The summed E-state index contributed by atoms with van der Waals surface area (Å²) >= 11 is 0. The molecule has 0 aromatic carbocycles. The molecule has 0 saturated carbocycles. The predicted octanol–water partition coefficient (Wildman–Crippen LogP) is 2.64. The molecule has 2 heteroatoms. The number of hydrogen-bond acceptors (Lipinski definition) is 2. The molecule has 1 rings (SSSR count). The van der Waals surface area contributed by atoms with E-state index in [0.29, 0.717) is 11.6 Å². The van der Waals surface area contributed by atoms with Crippen LogP contribution < -0.4 is 5.32 Å². The van der Waals surface area contributed by atoms with Crippen molar-refractivity contribution in [2.24, 2.45) is 0 Å². The molecule has 90 valence electrons. The first-order valence-electron chi connectivity index (χ1n) is 6.58. The molecule has 1 unspecified atom stereocenters. The van der Waals surface area contributed by atoms with Gasteiger partial charge in [0.15, 0.2) is 0 Å². The molecule has 0 aromatic rings. The molecular formula is C13H28N2. The van der Waals surface area contributed by atoms with Crippen LogP contribution in [0.15, 0.2) is 0 Å². The van der Waals surface area contributed by atoms with Crippen LogP contribution in [0, 0.1) is 0 Å². The van der Waals surface area contributed by atoms with E-state index in [1.807, 2.05) is 0 Å². The van der Waals surface area contributed by atoms with Crippen LogP contribution in [0.4, 0.5) is 0 Å². The van der Waals surface area contributed by atoms with Crippen LogP contribution in [0.5, 0.6) is 0 Å². The Bertz CT molecular complexity index is 177. The van der Waals surface area contributed by atoms with Crippen molar-refractivity contribution in [3.63, 3.8) is 0 Å². The number of nitrogens with one attached hydrogen (secondary N) is 1. The minimum atomic E-state index is 0.383. The maximum Gasteiger partial charge on any atom is 0.0192 e. The van der Waals surface area contributed by atoms with Crippen molar-refractivity contribution in [2.75, 3.05) is 19.6 Å². The van der Waals surface area contributed by atoms with Crippen molar-refractivity contribution < 1.29 is 0 Å². The fourth-order valence-electron chi connectivity index (χ4n) is 2.59. The van der Waals surface area contributed by atoms with Gasteiger partial charge in [-0.15, -0.1) is 0 Å². The second-order valence-electron chi connectivity index (χ2n) is 5.42. The molecule has 1 N–H and O–H groups in total. The van der Waals surface area contributed by atoms with Gasteiger partial charge in [0.1, 0.15) is 0 Å². The van der Waals surface area contributed by atoms with Gasteiger partial charge in [0.05, 0.1) is 0 Å². The molecule has 0 aromatic heterocycles. The van der Waals surface area contributed by atoms with Crippen LogP contribution in [-0.2, 0) is 0 Å². The highest BCUT2D eigenvalue weighted by Crippen LogP contribution is 2.22. The van der Waals surface area contributed by atoms with E-state index < -0.39 is 0 Å². The van der Waals surface area contributed by atoms with Gasteiger partial charge in [0.25, 0.3) is 0 Å². The number of rotatable bonds is 4. The highest BCUT2D eigenvalue weighted by atomic mass is 15.2. The van der Waals surface area contributed by atoms with E-state index in [1.54, 1.807) is 0 Å². The lowest BCUT2D eigenvalue weighted by molar-refractivity contribution is 0.107. The van der Waals surface area contributed by atoms with Gasteiger partial charge in [-0.25, -0.2) is 0 Å². The first-order valence-corrected chi connectivity index (χ1v) is 6.58. The fraction of sp³-hybridized carbons (Fsp3) is 1.00. The van der Waals surface area contributed by atoms with E-state index in [4.69, 9.17) is 0 Å². The van der Waals surface area contributed by atoms with Gasteiger partial charge in [-0.1, -0.05) is 20.3 Å². The average molecular weight is 212 g/mol. The van der Waals surface area contributed by atoms with Crippen molar-refractivity contribution in [3.05, 3.63) is 0 Å². The minimum Gasteiger partial charge on any atom is -0.313 e.